The van der Waals surface area contributed by atoms with E-state index in [1.807, 2.05) is 19.1 Å². The number of ether oxygens (including phenoxy) is 1. The molecule has 17 heavy (non-hydrogen) atoms. The quantitative estimate of drug-likeness (QED) is 0.843. The van der Waals surface area contributed by atoms with E-state index >= 15 is 0 Å². The van der Waals surface area contributed by atoms with Crippen molar-refractivity contribution in [3.05, 3.63) is 29.3 Å². The maximum Gasteiger partial charge on any atom is 0.136 e. The van der Waals surface area contributed by atoms with Crippen LogP contribution >= 0.6 is 11.8 Å². The summed E-state index contributed by atoms with van der Waals surface area (Å²) in [6.45, 7) is 2.25. The Kier molecular flexibility index (Phi) is 5.88. The zero-order valence-corrected chi connectivity index (χ0v) is 11.0. The highest BCUT2D eigenvalue weighted by molar-refractivity contribution is 7.98. The lowest BCUT2D eigenvalue weighted by Crippen LogP contribution is -2.03. The van der Waals surface area contributed by atoms with Gasteiger partial charge in [0.15, 0.2) is 0 Å². The summed E-state index contributed by atoms with van der Waals surface area (Å²) in [6.07, 6.45) is 0. The Hall–Kier alpha value is -1.18. The molecule has 0 aliphatic rings. The number of rotatable bonds is 6. The van der Waals surface area contributed by atoms with Gasteiger partial charge in [-0.25, -0.2) is 0 Å². The smallest absolute Gasteiger partial charge is 0.136 e. The molecular weight excluding hydrogens is 234 g/mol. The van der Waals surface area contributed by atoms with Gasteiger partial charge in [-0.1, -0.05) is 13.0 Å². The molecule has 0 bridgehead atoms. The molecule has 3 nitrogen and oxygen atoms in total. The Morgan fingerprint density at radius 3 is 2.88 bits per heavy atom. The monoisotopic (exact) mass is 251 g/mol. The van der Waals surface area contributed by atoms with Crippen LogP contribution in [0.15, 0.2) is 18.2 Å². The Morgan fingerprint density at radius 1 is 1.53 bits per heavy atom. The maximum atomic E-state index is 8.91. The molecule has 0 radical (unpaired) electrons. The Balaban J connectivity index is 2.58. The first-order valence-electron chi connectivity index (χ1n) is 5.46. The third kappa shape index (κ3) is 4.29. The van der Waals surface area contributed by atoms with Crippen molar-refractivity contribution in [3.63, 3.8) is 0 Å². The van der Waals surface area contributed by atoms with Gasteiger partial charge in [-0.2, -0.15) is 17.0 Å². The molecule has 0 aromatic heterocycles. The third-order valence-electron chi connectivity index (χ3n) is 2.37. The number of hydrogen-bond acceptors (Lipinski definition) is 4. The van der Waals surface area contributed by atoms with Crippen molar-refractivity contribution in [3.8, 4) is 11.8 Å². The van der Waals surface area contributed by atoms with E-state index < -0.39 is 0 Å². The van der Waals surface area contributed by atoms with Gasteiger partial charge in [0.1, 0.15) is 11.8 Å². The molecule has 0 heterocycles. The molecule has 1 atom stereocenters. The van der Waals surface area contributed by atoms with Gasteiger partial charge < -0.3 is 9.84 Å². The highest BCUT2D eigenvalue weighted by Gasteiger charge is 2.05. The van der Waals surface area contributed by atoms with Crippen LogP contribution < -0.4 is 4.74 Å². The molecule has 0 saturated carbocycles. The number of hydrogen-bond donors (Lipinski definition) is 1. The lowest BCUT2D eigenvalue weighted by Gasteiger charge is -2.08. The average molecular weight is 251 g/mol. The van der Waals surface area contributed by atoms with Crippen LogP contribution in [0.25, 0.3) is 0 Å². The van der Waals surface area contributed by atoms with Gasteiger partial charge in [0.05, 0.1) is 12.7 Å². The normalized spacial score (nSPS) is 11.9. The molecular formula is C13H17NO2S. The minimum Gasteiger partial charge on any atom is -0.495 e. The summed E-state index contributed by atoms with van der Waals surface area (Å²) < 4.78 is 5.15. The molecule has 92 valence electrons. The molecule has 0 fully saturated rings. The van der Waals surface area contributed by atoms with E-state index in [-0.39, 0.29) is 6.61 Å². The molecule has 1 rings (SSSR count). The van der Waals surface area contributed by atoms with E-state index in [0.29, 0.717) is 17.2 Å². The predicted octanol–water partition coefficient (Wildman–Crippen LogP) is 2.43. The fraction of sp³-hybridized carbons (Fsp3) is 0.462. The predicted molar refractivity (Wildman–Crippen MR) is 70.1 cm³/mol. The van der Waals surface area contributed by atoms with Crippen LogP contribution in [0, 0.1) is 17.2 Å². The summed E-state index contributed by atoms with van der Waals surface area (Å²) in [7, 11) is 1.57. The molecule has 1 aromatic carbocycles. The fourth-order valence-electron chi connectivity index (χ4n) is 1.35. The molecule has 0 amide bonds. The summed E-state index contributed by atoms with van der Waals surface area (Å²) in [5.41, 5.74) is 1.70. The number of benzene rings is 1. The number of nitriles is 1. The third-order valence-corrected chi connectivity index (χ3v) is 3.71. The van der Waals surface area contributed by atoms with E-state index in [1.54, 1.807) is 24.9 Å². The van der Waals surface area contributed by atoms with Gasteiger partial charge in [0.2, 0.25) is 0 Å². The van der Waals surface area contributed by atoms with Crippen LogP contribution in [0.3, 0.4) is 0 Å². The van der Waals surface area contributed by atoms with Crippen molar-refractivity contribution in [2.75, 3.05) is 19.5 Å². The molecule has 0 saturated heterocycles. The molecule has 1 N–H and O–H groups in total. The molecule has 0 spiro atoms. The number of aliphatic hydroxyl groups is 1. The van der Waals surface area contributed by atoms with Crippen molar-refractivity contribution in [2.45, 2.75) is 12.7 Å². The molecule has 1 aromatic rings. The first kappa shape index (κ1) is 13.9. The highest BCUT2D eigenvalue weighted by Crippen LogP contribution is 2.23. The zero-order valence-electron chi connectivity index (χ0n) is 10.1. The van der Waals surface area contributed by atoms with Gasteiger partial charge in [-0.05, 0) is 29.4 Å². The maximum absolute atomic E-state index is 8.91. The molecule has 0 aliphatic carbocycles. The topological polar surface area (TPSA) is 53.2 Å². The summed E-state index contributed by atoms with van der Waals surface area (Å²) in [6, 6.07) is 7.71. The van der Waals surface area contributed by atoms with Crippen molar-refractivity contribution in [1.82, 2.24) is 0 Å². The van der Waals surface area contributed by atoms with Crippen LogP contribution in [0.1, 0.15) is 18.1 Å². The van der Waals surface area contributed by atoms with Crippen LogP contribution in [-0.4, -0.2) is 24.6 Å². The number of aliphatic hydroxyl groups excluding tert-OH is 1. The average Bonchev–Trinajstić information content (AvgIpc) is 2.38. The first-order chi connectivity index (χ1) is 8.21. The van der Waals surface area contributed by atoms with Gasteiger partial charge in [0, 0.05) is 12.4 Å². The Morgan fingerprint density at radius 2 is 2.29 bits per heavy atom. The summed E-state index contributed by atoms with van der Waals surface area (Å²) in [5.74, 6) is 2.74. The molecule has 1 unspecified atom stereocenters. The van der Waals surface area contributed by atoms with E-state index in [9.17, 15) is 0 Å². The molecule has 0 aliphatic heterocycles. The standard InChI is InChI=1S/C13H17NO2S/c1-10(7-15)8-17-9-11-3-4-12(6-14)13(5-11)16-2/h3-5,10,15H,7-9H2,1-2H3. The van der Waals surface area contributed by atoms with Crippen LogP contribution in [0.2, 0.25) is 0 Å². The van der Waals surface area contributed by atoms with E-state index in [1.165, 1.54) is 0 Å². The van der Waals surface area contributed by atoms with E-state index in [0.717, 1.165) is 17.1 Å². The van der Waals surface area contributed by atoms with E-state index in [4.69, 9.17) is 15.1 Å². The lowest BCUT2D eigenvalue weighted by atomic mass is 10.1. The first-order valence-corrected chi connectivity index (χ1v) is 6.62. The Bertz CT molecular complexity index is 401. The largest absolute Gasteiger partial charge is 0.495 e. The van der Waals surface area contributed by atoms with Crippen LogP contribution in [0.5, 0.6) is 5.75 Å². The number of methoxy groups -OCH3 is 1. The van der Waals surface area contributed by atoms with Gasteiger partial charge in [0.25, 0.3) is 0 Å². The second-order valence-electron chi connectivity index (χ2n) is 3.95. The second-order valence-corrected chi connectivity index (χ2v) is 4.98. The SMILES string of the molecule is COc1cc(CSCC(C)CO)ccc1C#N. The summed E-state index contributed by atoms with van der Waals surface area (Å²) >= 11 is 1.77. The number of thioether (sulfide) groups is 1. The van der Waals surface area contributed by atoms with Gasteiger partial charge in [-0.3, -0.25) is 0 Å². The highest BCUT2D eigenvalue weighted by atomic mass is 32.2. The van der Waals surface area contributed by atoms with Gasteiger partial charge in [-0.15, -0.1) is 0 Å². The van der Waals surface area contributed by atoms with Crippen molar-refractivity contribution < 1.29 is 9.84 Å². The van der Waals surface area contributed by atoms with Crippen molar-refractivity contribution >= 4 is 11.8 Å². The van der Waals surface area contributed by atoms with Crippen molar-refractivity contribution in [2.24, 2.45) is 5.92 Å². The Labute approximate surface area is 106 Å². The van der Waals surface area contributed by atoms with Crippen LogP contribution in [-0.2, 0) is 5.75 Å². The lowest BCUT2D eigenvalue weighted by molar-refractivity contribution is 0.250. The van der Waals surface area contributed by atoms with E-state index in [2.05, 4.69) is 6.07 Å². The summed E-state index contributed by atoms with van der Waals surface area (Å²) in [4.78, 5) is 0. The zero-order chi connectivity index (χ0) is 12.7. The van der Waals surface area contributed by atoms with Crippen molar-refractivity contribution in [1.29, 1.82) is 5.26 Å². The fourth-order valence-corrected chi connectivity index (χ4v) is 2.39. The molecule has 4 heteroatoms. The van der Waals surface area contributed by atoms with Crippen LogP contribution in [0.4, 0.5) is 0 Å². The summed E-state index contributed by atoms with van der Waals surface area (Å²) in [5, 5.41) is 17.8. The minimum atomic E-state index is 0.226. The number of nitrogens with zero attached hydrogens (tertiary/aromatic N) is 1. The minimum absolute atomic E-state index is 0.226. The van der Waals surface area contributed by atoms with Gasteiger partial charge >= 0.3 is 0 Å². The second kappa shape index (κ2) is 7.21.